The maximum Gasteiger partial charge on any atom is 0.176 e. The summed E-state index contributed by atoms with van der Waals surface area (Å²) in [6.07, 6.45) is 0. The summed E-state index contributed by atoms with van der Waals surface area (Å²) in [5.41, 5.74) is 1.22. The molecule has 0 unspecified atom stereocenters. The van der Waals surface area contributed by atoms with Crippen LogP contribution in [0.1, 0.15) is 12.5 Å². The lowest BCUT2D eigenvalue weighted by atomic mass is 10.2. The third-order valence-electron chi connectivity index (χ3n) is 1.75. The molecule has 0 amide bonds. The Bertz CT molecular complexity index is 277. The van der Waals surface area contributed by atoms with Gasteiger partial charge in [-0.3, -0.25) is 0 Å². The summed E-state index contributed by atoms with van der Waals surface area (Å²) >= 11 is 0. The van der Waals surface area contributed by atoms with E-state index in [-0.39, 0.29) is 0 Å². The lowest BCUT2D eigenvalue weighted by Gasteiger charge is -1.94. The van der Waals surface area contributed by atoms with E-state index in [2.05, 4.69) is 24.2 Å². The second kappa shape index (κ2) is 2.38. The second-order valence-electron chi connectivity index (χ2n) is 2.51. The van der Waals surface area contributed by atoms with Crippen LogP contribution in [-0.2, 0) is 0 Å². The van der Waals surface area contributed by atoms with Crippen LogP contribution in [0.5, 0.6) is 0 Å². The average molecular weight is 146 g/mol. The minimum absolute atomic E-state index is 0.976. The summed E-state index contributed by atoms with van der Waals surface area (Å²) in [7, 11) is 0. The largest absolute Gasteiger partial charge is 0.244 e. The molecule has 0 saturated heterocycles. The van der Waals surface area contributed by atoms with E-state index < -0.39 is 0 Å². The van der Waals surface area contributed by atoms with Crippen molar-refractivity contribution in [2.45, 2.75) is 6.92 Å². The van der Waals surface area contributed by atoms with Gasteiger partial charge in [0.15, 0.2) is 5.84 Å². The van der Waals surface area contributed by atoms with E-state index in [1.807, 2.05) is 23.2 Å². The molecule has 0 atom stereocenters. The van der Waals surface area contributed by atoms with Crippen LogP contribution in [0, 0.1) is 0 Å². The molecule has 0 fully saturated rings. The quantitative estimate of drug-likeness (QED) is 0.619. The predicted octanol–water partition coefficient (Wildman–Crippen LogP) is 1.68. The number of hydrogen-bond donors (Lipinski definition) is 0. The van der Waals surface area contributed by atoms with E-state index in [9.17, 15) is 0 Å². The molecular weight excluding hydrogens is 136 g/mol. The summed E-state index contributed by atoms with van der Waals surface area (Å²) < 4.78 is 0. The lowest BCUT2D eigenvalue weighted by Crippen LogP contribution is -2.04. The molecule has 2 heteroatoms. The SMILES string of the molecule is CCN1N=C1c1ccccc1. The van der Waals surface area contributed by atoms with Crippen molar-refractivity contribution in [2.75, 3.05) is 6.54 Å². The van der Waals surface area contributed by atoms with Crippen molar-refractivity contribution >= 4 is 5.84 Å². The zero-order chi connectivity index (χ0) is 7.68. The number of benzene rings is 1. The Morgan fingerprint density at radius 3 is 2.55 bits per heavy atom. The molecule has 0 spiro atoms. The molecule has 1 aromatic carbocycles. The van der Waals surface area contributed by atoms with Gasteiger partial charge in [0.05, 0.1) is 0 Å². The highest BCUT2D eigenvalue weighted by Crippen LogP contribution is 2.16. The minimum atomic E-state index is 0.976. The Morgan fingerprint density at radius 1 is 1.27 bits per heavy atom. The van der Waals surface area contributed by atoms with Gasteiger partial charge in [-0.2, -0.15) is 5.10 Å². The molecule has 0 aliphatic carbocycles. The highest BCUT2D eigenvalue weighted by Gasteiger charge is 2.22. The number of rotatable bonds is 2. The number of hydrazone groups is 1. The Hall–Kier alpha value is -1.31. The molecule has 0 aromatic heterocycles. The molecule has 2 rings (SSSR count). The summed E-state index contributed by atoms with van der Waals surface area (Å²) in [6, 6.07) is 10.2. The normalized spacial score (nSPS) is 14.6. The van der Waals surface area contributed by atoms with E-state index in [4.69, 9.17) is 0 Å². The van der Waals surface area contributed by atoms with E-state index in [1.165, 1.54) is 5.56 Å². The second-order valence-corrected chi connectivity index (χ2v) is 2.51. The van der Waals surface area contributed by atoms with Gasteiger partial charge in [-0.1, -0.05) is 30.3 Å². The molecule has 11 heavy (non-hydrogen) atoms. The van der Waals surface area contributed by atoms with Crippen molar-refractivity contribution < 1.29 is 0 Å². The van der Waals surface area contributed by atoms with Crippen molar-refractivity contribution in [3.63, 3.8) is 0 Å². The third kappa shape index (κ3) is 1.11. The van der Waals surface area contributed by atoms with Gasteiger partial charge in [0.1, 0.15) is 0 Å². The Labute approximate surface area is 66.1 Å². The van der Waals surface area contributed by atoms with Crippen LogP contribution in [0.4, 0.5) is 0 Å². The van der Waals surface area contributed by atoms with E-state index >= 15 is 0 Å². The minimum Gasteiger partial charge on any atom is -0.244 e. The molecule has 1 aliphatic rings. The fourth-order valence-corrected chi connectivity index (χ4v) is 1.11. The number of hydrogen-bond acceptors (Lipinski definition) is 2. The molecule has 1 aliphatic heterocycles. The van der Waals surface area contributed by atoms with Crippen LogP contribution in [-0.4, -0.2) is 17.4 Å². The molecule has 0 radical (unpaired) electrons. The fraction of sp³-hybridized carbons (Fsp3) is 0.222. The van der Waals surface area contributed by atoms with Crippen molar-refractivity contribution in [1.29, 1.82) is 0 Å². The van der Waals surface area contributed by atoms with Gasteiger partial charge in [-0.05, 0) is 6.92 Å². The first-order valence-corrected chi connectivity index (χ1v) is 3.83. The van der Waals surface area contributed by atoms with Crippen molar-refractivity contribution in [3.8, 4) is 0 Å². The Balaban J connectivity index is 2.15. The van der Waals surface area contributed by atoms with Crippen LogP contribution >= 0.6 is 0 Å². The van der Waals surface area contributed by atoms with E-state index in [0.29, 0.717) is 0 Å². The molecule has 0 saturated carbocycles. The monoisotopic (exact) mass is 146 g/mol. The highest BCUT2D eigenvalue weighted by atomic mass is 15.6. The smallest absolute Gasteiger partial charge is 0.176 e. The van der Waals surface area contributed by atoms with Crippen molar-refractivity contribution in [3.05, 3.63) is 35.9 Å². The highest BCUT2D eigenvalue weighted by molar-refractivity contribution is 6.05. The first-order valence-electron chi connectivity index (χ1n) is 3.83. The van der Waals surface area contributed by atoms with Crippen LogP contribution in [0.15, 0.2) is 35.4 Å². The zero-order valence-electron chi connectivity index (χ0n) is 6.49. The van der Waals surface area contributed by atoms with Crippen LogP contribution in [0.25, 0.3) is 0 Å². The first kappa shape index (κ1) is 6.40. The van der Waals surface area contributed by atoms with Gasteiger partial charge in [0.25, 0.3) is 0 Å². The molecule has 2 nitrogen and oxygen atoms in total. The van der Waals surface area contributed by atoms with Crippen molar-refractivity contribution in [2.24, 2.45) is 5.10 Å². The number of amidine groups is 1. The van der Waals surface area contributed by atoms with Gasteiger partial charge in [-0.25, -0.2) is 5.01 Å². The third-order valence-corrected chi connectivity index (χ3v) is 1.75. The summed E-state index contributed by atoms with van der Waals surface area (Å²) in [4.78, 5) is 0. The van der Waals surface area contributed by atoms with E-state index in [0.717, 1.165) is 12.4 Å². The molecule has 1 aromatic rings. The first-order chi connectivity index (χ1) is 5.42. The van der Waals surface area contributed by atoms with Gasteiger partial charge in [0, 0.05) is 12.1 Å². The van der Waals surface area contributed by atoms with E-state index in [1.54, 1.807) is 0 Å². The van der Waals surface area contributed by atoms with Gasteiger partial charge in [-0.15, -0.1) is 0 Å². The van der Waals surface area contributed by atoms with Gasteiger partial charge >= 0.3 is 0 Å². The Kier molecular flexibility index (Phi) is 1.39. The Morgan fingerprint density at radius 2 is 2.00 bits per heavy atom. The maximum atomic E-state index is 4.19. The molecule has 0 N–H and O–H groups in total. The molecule has 1 heterocycles. The molecule has 0 bridgehead atoms. The van der Waals surface area contributed by atoms with Crippen LogP contribution < -0.4 is 0 Å². The number of nitrogens with zero attached hydrogens (tertiary/aromatic N) is 2. The molecular formula is C9H10N2. The standard InChI is InChI=1S/C9H10N2/c1-2-11-9(10-11)8-6-4-3-5-7-8/h3-7H,2H2,1H3. The summed E-state index contributed by atoms with van der Waals surface area (Å²) in [5.74, 6) is 1.12. The van der Waals surface area contributed by atoms with Crippen LogP contribution in [0.2, 0.25) is 0 Å². The van der Waals surface area contributed by atoms with Crippen molar-refractivity contribution in [1.82, 2.24) is 5.01 Å². The average Bonchev–Trinajstić information content (AvgIpc) is 2.85. The fourth-order valence-electron chi connectivity index (χ4n) is 1.11. The summed E-state index contributed by atoms with van der Waals surface area (Å²) in [5, 5.41) is 6.19. The van der Waals surface area contributed by atoms with Crippen LogP contribution in [0.3, 0.4) is 0 Å². The van der Waals surface area contributed by atoms with Gasteiger partial charge in [0.2, 0.25) is 0 Å². The maximum absolute atomic E-state index is 4.19. The van der Waals surface area contributed by atoms with Gasteiger partial charge < -0.3 is 0 Å². The molecule has 56 valence electrons. The lowest BCUT2D eigenvalue weighted by molar-refractivity contribution is 0.587. The summed E-state index contributed by atoms with van der Waals surface area (Å²) in [6.45, 7) is 3.07. The topological polar surface area (TPSA) is 15.4 Å². The zero-order valence-corrected chi connectivity index (χ0v) is 6.49. The predicted molar refractivity (Wildman–Crippen MR) is 45.4 cm³/mol.